The van der Waals surface area contributed by atoms with Crippen LogP contribution in [-0.4, -0.2) is 25.8 Å². The Bertz CT molecular complexity index is 813. The molecule has 0 aliphatic carbocycles. The van der Waals surface area contributed by atoms with Crippen molar-refractivity contribution in [2.45, 2.75) is 31.7 Å². The smallest absolute Gasteiger partial charge is 0.416 e. The Kier molecular flexibility index (Phi) is 6.98. The third kappa shape index (κ3) is 6.12. The van der Waals surface area contributed by atoms with Gasteiger partial charge in [0.05, 0.1) is 12.2 Å². The Morgan fingerprint density at radius 3 is 2.69 bits per heavy atom. The van der Waals surface area contributed by atoms with Crippen LogP contribution in [0.2, 0.25) is 0 Å². The second-order valence-electron chi connectivity index (χ2n) is 6.74. The molecule has 1 amide bonds. The third-order valence-electron chi connectivity index (χ3n) is 4.61. The number of hydrogen-bond donors (Lipinski definition) is 2. The monoisotopic (exact) mass is 408 g/mol. The lowest BCUT2D eigenvalue weighted by Gasteiger charge is -2.19. The first-order valence-corrected chi connectivity index (χ1v) is 9.45. The van der Waals surface area contributed by atoms with Crippen molar-refractivity contribution in [1.82, 2.24) is 10.6 Å². The highest BCUT2D eigenvalue weighted by molar-refractivity contribution is 5.67. The molecule has 29 heavy (non-hydrogen) atoms. The molecule has 0 aromatic heterocycles. The summed E-state index contributed by atoms with van der Waals surface area (Å²) in [6.45, 7) is 1.35. The summed E-state index contributed by atoms with van der Waals surface area (Å²) < 4.78 is 49.4. The van der Waals surface area contributed by atoms with Crippen LogP contribution in [0.5, 0.6) is 5.75 Å². The van der Waals surface area contributed by atoms with Gasteiger partial charge in [0.1, 0.15) is 12.4 Å². The van der Waals surface area contributed by atoms with Gasteiger partial charge in [-0.1, -0.05) is 36.4 Å². The van der Waals surface area contributed by atoms with Crippen LogP contribution < -0.4 is 15.4 Å². The van der Waals surface area contributed by atoms with Gasteiger partial charge in [-0.3, -0.25) is 0 Å². The fraction of sp³-hybridized carbons (Fsp3) is 0.381. The first-order chi connectivity index (χ1) is 13.9. The summed E-state index contributed by atoms with van der Waals surface area (Å²) in [7, 11) is 0. The zero-order valence-corrected chi connectivity index (χ0v) is 15.8. The third-order valence-corrected chi connectivity index (χ3v) is 4.61. The van der Waals surface area contributed by atoms with Crippen LogP contribution in [0.3, 0.4) is 0 Å². The van der Waals surface area contributed by atoms with Crippen LogP contribution >= 0.6 is 0 Å². The number of alkyl halides is 3. The van der Waals surface area contributed by atoms with Crippen molar-refractivity contribution in [2.75, 3.05) is 19.7 Å². The largest absolute Gasteiger partial charge is 0.493 e. The molecule has 0 saturated carbocycles. The Balaban J connectivity index is 1.47. The van der Waals surface area contributed by atoms with E-state index in [4.69, 9.17) is 9.47 Å². The Morgan fingerprint density at radius 1 is 1.14 bits per heavy atom. The van der Waals surface area contributed by atoms with Gasteiger partial charge in [0.15, 0.2) is 0 Å². The summed E-state index contributed by atoms with van der Waals surface area (Å²) in [5, 5.41) is 5.93. The topological polar surface area (TPSA) is 59.6 Å². The maximum atomic E-state index is 12.9. The zero-order chi connectivity index (χ0) is 20.7. The number of halogens is 3. The zero-order valence-electron chi connectivity index (χ0n) is 15.8. The summed E-state index contributed by atoms with van der Waals surface area (Å²) in [5.74, 6) is 0.255. The van der Waals surface area contributed by atoms with Gasteiger partial charge in [0, 0.05) is 24.7 Å². The molecular formula is C21H23F3N2O3. The summed E-state index contributed by atoms with van der Waals surface area (Å²) >= 11 is 0. The second-order valence-corrected chi connectivity index (χ2v) is 6.74. The van der Waals surface area contributed by atoms with Crippen LogP contribution in [0.1, 0.15) is 35.6 Å². The molecule has 5 nitrogen and oxygen atoms in total. The summed E-state index contributed by atoms with van der Waals surface area (Å²) in [5.41, 5.74) is 0.871. The number of nitrogens with one attached hydrogen (secondary N) is 2. The van der Waals surface area contributed by atoms with Gasteiger partial charge in [0.25, 0.3) is 0 Å². The fourth-order valence-electron chi connectivity index (χ4n) is 3.15. The van der Waals surface area contributed by atoms with E-state index in [1.54, 1.807) is 0 Å². The van der Waals surface area contributed by atoms with Crippen molar-refractivity contribution in [1.29, 1.82) is 0 Å². The molecule has 2 N–H and O–H groups in total. The van der Waals surface area contributed by atoms with Gasteiger partial charge < -0.3 is 20.1 Å². The van der Waals surface area contributed by atoms with Crippen LogP contribution in [0.4, 0.5) is 18.0 Å². The highest BCUT2D eigenvalue weighted by atomic mass is 19.4. The molecule has 1 unspecified atom stereocenters. The molecule has 8 heteroatoms. The average Bonchev–Trinajstić information content (AvgIpc) is 2.91. The molecule has 156 valence electrons. The maximum absolute atomic E-state index is 12.9. The molecule has 1 heterocycles. The molecule has 3 rings (SSSR count). The van der Waals surface area contributed by atoms with Crippen molar-refractivity contribution < 1.29 is 27.4 Å². The van der Waals surface area contributed by atoms with Crippen molar-refractivity contribution in [3.05, 3.63) is 65.2 Å². The van der Waals surface area contributed by atoms with Gasteiger partial charge in [-0.25, -0.2) is 4.79 Å². The van der Waals surface area contributed by atoms with Gasteiger partial charge in [0.2, 0.25) is 0 Å². The fourth-order valence-corrected chi connectivity index (χ4v) is 3.15. The molecule has 0 saturated heterocycles. The predicted molar refractivity (Wildman–Crippen MR) is 102 cm³/mol. The van der Waals surface area contributed by atoms with Gasteiger partial charge >= 0.3 is 12.3 Å². The van der Waals surface area contributed by atoms with E-state index in [1.165, 1.54) is 6.07 Å². The average molecular weight is 408 g/mol. The van der Waals surface area contributed by atoms with E-state index in [2.05, 4.69) is 10.6 Å². The molecule has 1 aliphatic heterocycles. The molecule has 2 aromatic carbocycles. The Morgan fingerprint density at radius 2 is 1.93 bits per heavy atom. The van der Waals surface area contributed by atoms with E-state index in [1.807, 2.05) is 30.3 Å². The first kappa shape index (κ1) is 21.0. The summed E-state index contributed by atoms with van der Waals surface area (Å²) in [4.78, 5) is 11.8. The molecule has 0 radical (unpaired) electrons. The first-order valence-electron chi connectivity index (χ1n) is 9.45. The SMILES string of the molecule is O=C(NCCNC1CCCOc2cc(C(F)(F)F)ccc21)OCc1ccccc1. The molecular weight excluding hydrogens is 385 g/mol. The minimum Gasteiger partial charge on any atom is -0.493 e. The maximum Gasteiger partial charge on any atom is 0.416 e. The molecule has 1 aliphatic rings. The van der Waals surface area contributed by atoms with Gasteiger partial charge in [-0.15, -0.1) is 0 Å². The van der Waals surface area contributed by atoms with Crippen molar-refractivity contribution in [3.8, 4) is 5.75 Å². The van der Waals surface area contributed by atoms with E-state index < -0.39 is 17.8 Å². The molecule has 0 fully saturated rings. The number of carbonyl (C=O) groups excluding carboxylic acids is 1. The van der Waals surface area contributed by atoms with Gasteiger partial charge in [-0.05, 0) is 30.5 Å². The minimum atomic E-state index is -4.41. The van der Waals surface area contributed by atoms with E-state index in [-0.39, 0.29) is 18.4 Å². The normalized spacial score (nSPS) is 16.3. The lowest BCUT2D eigenvalue weighted by atomic mass is 10.00. The standard InChI is InChI=1S/C21H23F3N2O3/c22-21(23,24)16-8-9-17-18(7-4-12-28-19(17)13-16)25-10-11-26-20(27)29-14-15-5-2-1-3-6-15/h1-3,5-6,8-9,13,18,25H,4,7,10-12,14H2,(H,26,27). The minimum absolute atomic E-state index is 0.142. The summed E-state index contributed by atoms with van der Waals surface area (Å²) in [6, 6.07) is 12.8. The lowest BCUT2D eigenvalue weighted by Crippen LogP contribution is -2.33. The van der Waals surface area contributed by atoms with Crippen molar-refractivity contribution >= 4 is 6.09 Å². The van der Waals surface area contributed by atoms with Crippen molar-refractivity contribution in [3.63, 3.8) is 0 Å². The van der Waals surface area contributed by atoms with Crippen LogP contribution in [0, 0.1) is 0 Å². The Hall–Kier alpha value is -2.74. The quantitative estimate of drug-likeness (QED) is 0.694. The van der Waals surface area contributed by atoms with Crippen LogP contribution in [0.25, 0.3) is 0 Å². The number of amides is 1. The molecule has 1 atom stereocenters. The highest BCUT2D eigenvalue weighted by Crippen LogP contribution is 2.37. The molecule has 0 spiro atoms. The number of benzene rings is 2. The van der Waals surface area contributed by atoms with Crippen LogP contribution in [0.15, 0.2) is 48.5 Å². The van der Waals surface area contributed by atoms with E-state index in [0.717, 1.165) is 30.5 Å². The van der Waals surface area contributed by atoms with E-state index in [9.17, 15) is 18.0 Å². The number of ether oxygens (including phenoxy) is 2. The Labute approximate surface area is 167 Å². The number of rotatable bonds is 6. The predicted octanol–water partition coefficient (Wildman–Crippen LogP) is 4.44. The number of hydrogen-bond acceptors (Lipinski definition) is 4. The molecule has 2 aromatic rings. The van der Waals surface area contributed by atoms with Crippen LogP contribution in [-0.2, 0) is 17.5 Å². The number of carbonyl (C=O) groups is 1. The van der Waals surface area contributed by atoms with E-state index in [0.29, 0.717) is 25.3 Å². The lowest BCUT2D eigenvalue weighted by molar-refractivity contribution is -0.137. The van der Waals surface area contributed by atoms with Gasteiger partial charge in [-0.2, -0.15) is 13.2 Å². The summed E-state index contributed by atoms with van der Waals surface area (Å²) in [6.07, 6.45) is -3.47. The highest BCUT2D eigenvalue weighted by Gasteiger charge is 2.32. The second kappa shape index (κ2) is 9.65. The number of fused-ring (bicyclic) bond motifs is 1. The van der Waals surface area contributed by atoms with Crippen molar-refractivity contribution in [2.24, 2.45) is 0 Å². The molecule has 0 bridgehead atoms. The number of alkyl carbamates (subject to hydrolysis) is 1. The van der Waals surface area contributed by atoms with E-state index >= 15 is 0 Å².